The average Bonchev–Trinajstić information content (AvgIpc) is 3.00. The minimum atomic E-state index is -0.333. The summed E-state index contributed by atoms with van der Waals surface area (Å²) >= 11 is 9.10. The SMILES string of the molecule is O=C(CCl)N1NC(c2ccc(Br)cc2)=C[C@H]1c1ccc(F)cc1. The predicted molar refractivity (Wildman–Crippen MR) is 92.0 cm³/mol. The third kappa shape index (κ3) is 3.41. The van der Waals surface area contributed by atoms with Crippen LogP contribution >= 0.6 is 27.5 Å². The van der Waals surface area contributed by atoms with Gasteiger partial charge in [0.2, 0.25) is 0 Å². The van der Waals surface area contributed by atoms with Crippen molar-refractivity contribution in [2.75, 3.05) is 5.88 Å². The molecular formula is C17H13BrClFN2O. The van der Waals surface area contributed by atoms with Crippen molar-refractivity contribution in [3.8, 4) is 0 Å². The van der Waals surface area contributed by atoms with Crippen molar-refractivity contribution in [1.29, 1.82) is 0 Å². The van der Waals surface area contributed by atoms with Gasteiger partial charge in [0.05, 0.1) is 11.7 Å². The molecule has 0 saturated heterocycles. The molecule has 6 heteroatoms. The van der Waals surface area contributed by atoms with E-state index >= 15 is 0 Å². The summed E-state index contributed by atoms with van der Waals surface area (Å²) < 4.78 is 14.1. The summed E-state index contributed by atoms with van der Waals surface area (Å²) in [5.74, 6) is -0.692. The summed E-state index contributed by atoms with van der Waals surface area (Å²) in [5, 5.41) is 1.47. The normalized spacial score (nSPS) is 16.9. The zero-order valence-corrected chi connectivity index (χ0v) is 14.3. The maximum Gasteiger partial charge on any atom is 0.256 e. The van der Waals surface area contributed by atoms with E-state index in [0.717, 1.165) is 21.3 Å². The minimum Gasteiger partial charge on any atom is -0.295 e. The Bertz CT molecular complexity index is 746. The molecule has 0 aliphatic carbocycles. The third-order valence-corrected chi connectivity index (χ3v) is 4.35. The molecule has 3 rings (SSSR count). The minimum absolute atomic E-state index is 0.133. The van der Waals surface area contributed by atoms with Crippen LogP contribution in [0.1, 0.15) is 17.2 Å². The van der Waals surface area contributed by atoms with Gasteiger partial charge in [0, 0.05) is 4.47 Å². The highest BCUT2D eigenvalue weighted by atomic mass is 79.9. The van der Waals surface area contributed by atoms with Crippen LogP contribution in [0.4, 0.5) is 4.39 Å². The molecule has 1 aliphatic rings. The van der Waals surface area contributed by atoms with Gasteiger partial charge < -0.3 is 0 Å². The summed E-state index contributed by atoms with van der Waals surface area (Å²) in [6, 6.07) is 13.5. The lowest BCUT2D eigenvalue weighted by molar-refractivity contribution is -0.131. The van der Waals surface area contributed by atoms with E-state index in [1.165, 1.54) is 17.1 Å². The molecule has 0 unspecified atom stereocenters. The number of nitrogens with one attached hydrogen (secondary N) is 1. The fourth-order valence-corrected chi connectivity index (χ4v) is 2.84. The maximum absolute atomic E-state index is 13.1. The number of alkyl halides is 1. The average molecular weight is 396 g/mol. The van der Waals surface area contributed by atoms with E-state index in [2.05, 4.69) is 21.4 Å². The molecule has 1 amide bonds. The predicted octanol–water partition coefficient (Wildman–Crippen LogP) is 4.26. The number of rotatable bonds is 3. The summed E-state index contributed by atoms with van der Waals surface area (Å²) in [7, 11) is 0. The molecule has 3 nitrogen and oxygen atoms in total. The number of hydrazine groups is 1. The fraction of sp³-hybridized carbons (Fsp3) is 0.118. The molecule has 1 atom stereocenters. The van der Waals surface area contributed by atoms with Gasteiger partial charge in [0.25, 0.3) is 5.91 Å². The van der Waals surface area contributed by atoms with Gasteiger partial charge in [-0.05, 0) is 41.5 Å². The van der Waals surface area contributed by atoms with Gasteiger partial charge in [0.15, 0.2) is 0 Å². The Balaban J connectivity index is 1.96. The van der Waals surface area contributed by atoms with E-state index in [9.17, 15) is 9.18 Å². The largest absolute Gasteiger partial charge is 0.295 e. The van der Waals surface area contributed by atoms with Crippen molar-refractivity contribution < 1.29 is 9.18 Å². The Morgan fingerprint density at radius 2 is 1.83 bits per heavy atom. The molecule has 0 fully saturated rings. The smallest absolute Gasteiger partial charge is 0.256 e. The van der Waals surface area contributed by atoms with Crippen LogP contribution < -0.4 is 5.43 Å². The van der Waals surface area contributed by atoms with Crippen LogP contribution in [-0.2, 0) is 4.79 Å². The van der Waals surface area contributed by atoms with Crippen LogP contribution in [0.25, 0.3) is 5.70 Å². The van der Waals surface area contributed by atoms with Crippen LogP contribution in [-0.4, -0.2) is 16.8 Å². The van der Waals surface area contributed by atoms with Crippen LogP contribution in [0.2, 0.25) is 0 Å². The van der Waals surface area contributed by atoms with Crippen molar-refractivity contribution in [1.82, 2.24) is 10.4 Å². The van der Waals surface area contributed by atoms with Crippen molar-refractivity contribution in [3.63, 3.8) is 0 Å². The van der Waals surface area contributed by atoms with Gasteiger partial charge in [-0.25, -0.2) is 9.40 Å². The summed E-state index contributed by atoms with van der Waals surface area (Å²) in [4.78, 5) is 12.1. The number of amides is 1. The van der Waals surface area contributed by atoms with Gasteiger partial charge >= 0.3 is 0 Å². The lowest BCUT2D eigenvalue weighted by Crippen LogP contribution is -2.40. The first kappa shape index (κ1) is 16.0. The Morgan fingerprint density at radius 1 is 1.17 bits per heavy atom. The maximum atomic E-state index is 13.1. The van der Waals surface area contributed by atoms with E-state index < -0.39 is 0 Å². The van der Waals surface area contributed by atoms with Crippen LogP contribution in [0.15, 0.2) is 59.1 Å². The summed E-state index contributed by atoms with van der Waals surface area (Å²) in [6.45, 7) is 0. The van der Waals surface area contributed by atoms with Crippen molar-refractivity contribution in [2.24, 2.45) is 0 Å². The van der Waals surface area contributed by atoms with Gasteiger partial charge in [-0.15, -0.1) is 11.6 Å². The standard InChI is InChI=1S/C17H13BrClFN2O/c18-13-5-1-11(2-6-13)15-9-16(22(21-15)17(23)10-19)12-3-7-14(20)8-4-12/h1-9,16,21H,10H2/t16-/m0/s1. The Hall–Kier alpha value is -1.85. The third-order valence-electron chi connectivity index (χ3n) is 3.59. The first-order chi connectivity index (χ1) is 11.1. The lowest BCUT2D eigenvalue weighted by atomic mass is 10.0. The van der Waals surface area contributed by atoms with E-state index in [1.54, 1.807) is 12.1 Å². The number of hydrogen-bond acceptors (Lipinski definition) is 2. The summed E-state index contributed by atoms with van der Waals surface area (Å²) in [5.41, 5.74) is 5.66. The van der Waals surface area contributed by atoms with Gasteiger partial charge in [-0.2, -0.15) is 0 Å². The molecule has 0 bridgehead atoms. The van der Waals surface area contributed by atoms with E-state index in [4.69, 9.17) is 11.6 Å². The van der Waals surface area contributed by atoms with Crippen molar-refractivity contribution >= 4 is 39.1 Å². The molecule has 118 valence electrons. The number of nitrogens with zero attached hydrogens (tertiary/aromatic N) is 1. The molecule has 1 heterocycles. The highest BCUT2D eigenvalue weighted by molar-refractivity contribution is 9.10. The fourth-order valence-electron chi connectivity index (χ4n) is 2.45. The zero-order valence-electron chi connectivity index (χ0n) is 12.0. The summed E-state index contributed by atoms with van der Waals surface area (Å²) in [6.07, 6.45) is 1.93. The number of hydrogen-bond donors (Lipinski definition) is 1. The first-order valence-corrected chi connectivity index (χ1v) is 8.29. The number of carbonyl (C=O) groups is 1. The van der Waals surface area contributed by atoms with Crippen LogP contribution in [0.5, 0.6) is 0 Å². The lowest BCUT2D eigenvalue weighted by Gasteiger charge is -2.24. The van der Waals surface area contributed by atoms with Gasteiger partial charge in [-0.3, -0.25) is 10.2 Å². The number of halogens is 3. The number of carbonyl (C=O) groups excluding carboxylic acids is 1. The second-order valence-electron chi connectivity index (χ2n) is 5.09. The monoisotopic (exact) mass is 394 g/mol. The molecule has 2 aromatic carbocycles. The van der Waals surface area contributed by atoms with Crippen molar-refractivity contribution in [2.45, 2.75) is 6.04 Å². The second-order valence-corrected chi connectivity index (χ2v) is 6.28. The molecular weight excluding hydrogens is 383 g/mol. The highest BCUT2D eigenvalue weighted by Crippen LogP contribution is 2.31. The Kier molecular flexibility index (Phi) is 4.68. The van der Waals surface area contributed by atoms with E-state index in [1.807, 2.05) is 30.3 Å². The zero-order chi connectivity index (χ0) is 16.4. The van der Waals surface area contributed by atoms with E-state index in [0.29, 0.717) is 0 Å². The topological polar surface area (TPSA) is 32.3 Å². The molecule has 1 aliphatic heterocycles. The molecule has 23 heavy (non-hydrogen) atoms. The van der Waals surface area contributed by atoms with E-state index in [-0.39, 0.29) is 23.6 Å². The van der Waals surface area contributed by atoms with Crippen LogP contribution in [0.3, 0.4) is 0 Å². The molecule has 0 saturated carbocycles. The van der Waals surface area contributed by atoms with Crippen molar-refractivity contribution in [3.05, 3.63) is 76.0 Å². The quantitative estimate of drug-likeness (QED) is 0.788. The molecule has 2 aromatic rings. The molecule has 0 radical (unpaired) electrons. The molecule has 0 spiro atoms. The Morgan fingerprint density at radius 3 is 2.43 bits per heavy atom. The highest BCUT2D eigenvalue weighted by Gasteiger charge is 2.30. The van der Waals surface area contributed by atoms with Gasteiger partial charge in [0.1, 0.15) is 11.7 Å². The molecule has 1 N–H and O–H groups in total. The molecule has 0 aromatic heterocycles. The number of benzene rings is 2. The van der Waals surface area contributed by atoms with Crippen LogP contribution in [0, 0.1) is 5.82 Å². The Labute approximate surface area is 146 Å². The van der Waals surface area contributed by atoms with Gasteiger partial charge in [-0.1, -0.05) is 40.2 Å². The first-order valence-electron chi connectivity index (χ1n) is 6.96. The second kappa shape index (κ2) is 6.72.